The highest BCUT2D eigenvalue weighted by Gasteiger charge is 2.21. The lowest BCUT2D eigenvalue weighted by molar-refractivity contribution is 1.17. The summed E-state index contributed by atoms with van der Waals surface area (Å²) in [6.45, 7) is 4.28. The third-order valence-corrected chi connectivity index (χ3v) is 16.7. The Labute approximate surface area is 490 Å². The van der Waals surface area contributed by atoms with E-state index >= 15 is 0 Å². The quantitative estimate of drug-likeness (QED) is 0.121. The van der Waals surface area contributed by atoms with Crippen LogP contribution in [0.15, 0.2) is 315 Å². The number of nitrogens with zero attached hydrogens (tertiary/aromatic N) is 4. The summed E-state index contributed by atoms with van der Waals surface area (Å²) < 4.78 is 4.77. The van der Waals surface area contributed by atoms with E-state index in [0.717, 1.165) is 67.8 Å². The second-order valence-corrected chi connectivity index (χ2v) is 21.9. The molecule has 4 heteroatoms. The number of para-hydroxylation sites is 2. The maximum Gasteiger partial charge on any atom is 0.0542 e. The lowest BCUT2D eigenvalue weighted by Gasteiger charge is -2.26. The van der Waals surface area contributed by atoms with E-state index in [1.54, 1.807) is 0 Å². The summed E-state index contributed by atoms with van der Waals surface area (Å²) in [5.74, 6) is 0. The maximum absolute atomic E-state index is 2.39. The Morgan fingerprint density at radius 3 is 0.774 bits per heavy atom. The lowest BCUT2D eigenvalue weighted by Crippen LogP contribution is -2.10. The summed E-state index contributed by atoms with van der Waals surface area (Å²) in [6.07, 6.45) is 0. The molecule has 15 aromatic rings. The third kappa shape index (κ3) is 9.17. The fraction of sp³-hybridized carbons (Fsp3) is 0.0250. The molecule has 2 aromatic heterocycles. The van der Waals surface area contributed by atoms with E-state index in [4.69, 9.17) is 0 Å². The molecule has 0 fully saturated rings. The highest BCUT2D eigenvalue weighted by Crippen LogP contribution is 2.44. The summed E-state index contributed by atoms with van der Waals surface area (Å²) in [5, 5.41) is 4.88. The SMILES string of the molecule is Cc1ccc(-n2c3ccccc3c3cc(N(c4ccc(-c5ccccc5)cc4)c4ccc(-c5ccc(-c6ccc(N(c7ccc(-c8ccccc8)cc7)c7ccc8c(c7)c7ccccc7n8-c7ccc(C)cc7)cc6)cc5)cc4)ccc32)cc1. The molecule has 0 amide bonds. The summed E-state index contributed by atoms with van der Waals surface area (Å²) in [4.78, 5) is 4.76. The van der Waals surface area contributed by atoms with Crippen LogP contribution < -0.4 is 9.80 Å². The van der Waals surface area contributed by atoms with Gasteiger partial charge in [0.25, 0.3) is 0 Å². The molecule has 0 unspecified atom stereocenters. The predicted octanol–water partition coefficient (Wildman–Crippen LogP) is 22.1. The maximum atomic E-state index is 2.39. The highest BCUT2D eigenvalue weighted by atomic mass is 15.1. The number of aromatic nitrogens is 2. The topological polar surface area (TPSA) is 16.3 Å². The average Bonchev–Trinajstić information content (AvgIpc) is 2.49. The number of anilines is 6. The number of fused-ring (bicyclic) bond motifs is 6. The first-order valence-electron chi connectivity index (χ1n) is 28.9. The van der Waals surface area contributed by atoms with Crippen molar-refractivity contribution in [2.45, 2.75) is 13.8 Å². The van der Waals surface area contributed by atoms with Crippen LogP contribution in [0.25, 0.3) is 99.5 Å². The van der Waals surface area contributed by atoms with E-state index in [-0.39, 0.29) is 0 Å². The van der Waals surface area contributed by atoms with Crippen LogP contribution in [-0.4, -0.2) is 9.13 Å². The zero-order valence-corrected chi connectivity index (χ0v) is 46.8. The lowest BCUT2D eigenvalue weighted by atomic mass is 9.99. The molecule has 0 N–H and O–H groups in total. The van der Waals surface area contributed by atoms with E-state index in [2.05, 4.69) is 348 Å². The Morgan fingerprint density at radius 1 is 0.202 bits per heavy atom. The fourth-order valence-corrected chi connectivity index (χ4v) is 12.4. The van der Waals surface area contributed by atoms with Gasteiger partial charge in [-0.1, -0.05) is 205 Å². The molecule has 0 aliphatic heterocycles. The predicted molar refractivity (Wildman–Crippen MR) is 356 cm³/mol. The number of hydrogen-bond donors (Lipinski definition) is 0. The smallest absolute Gasteiger partial charge is 0.0542 e. The van der Waals surface area contributed by atoms with Crippen molar-refractivity contribution < 1.29 is 0 Å². The number of hydrogen-bond acceptors (Lipinski definition) is 2. The summed E-state index contributed by atoms with van der Waals surface area (Å²) in [5.41, 5.74) is 25.5. The Hall–Kier alpha value is -10.9. The van der Waals surface area contributed by atoms with Gasteiger partial charge >= 0.3 is 0 Å². The van der Waals surface area contributed by atoms with E-state index in [1.165, 1.54) is 77.0 Å². The first kappa shape index (κ1) is 50.1. The van der Waals surface area contributed by atoms with E-state index in [0.29, 0.717) is 0 Å². The van der Waals surface area contributed by atoms with E-state index in [9.17, 15) is 0 Å². The van der Waals surface area contributed by atoms with Crippen molar-refractivity contribution in [2.24, 2.45) is 0 Å². The Balaban J connectivity index is 0.750. The van der Waals surface area contributed by atoms with Crippen LogP contribution in [0.1, 0.15) is 11.1 Å². The molecule has 15 rings (SSSR count). The molecular weight excluding hydrogens is 1020 g/mol. The molecule has 0 radical (unpaired) electrons. The van der Waals surface area contributed by atoms with Crippen molar-refractivity contribution in [1.82, 2.24) is 9.13 Å². The zero-order chi connectivity index (χ0) is 56.1. The average molecular weight is 1080 g/mol. The van der Waals surface area contributed by atoms with Crippen molar-refractivity contribution in [3.05, 3.63) is 327 Å². The minimum absolute atomic E-state index is 1.08. The van der Waals surface area contributed by atoms with Crippen LogP contribution in [0.4, 0.5) is 34.1 Å². The summed E-state index contributed by atoms with van der Waals surface area (Å²) in [7, 11) is 0. The van der Waals surface area contributed by atoms with Crippen molar-refractivity contribution in [2.75, 3.05) is 9.80 Å². The van der Waals surface area contributed by atoms with Crippen molar-refractivity contribution in [3.63, 3.8) is 0 Å². The van der Waals surface area contributed by atoms with Gasteiger partial charge in [-0.25, -0.2) is 0 Å². The van der Waals surface area contributed by atoms with Crippen molar-refractivity contribution >= 4 is 77.7 Å². The third-order valence-electron chi connectivity index (χ3n) is 16.7. The molecule has 0 aliphatic rings. The van der Waals surface area contributed by atoms with Crippen LogP contribution in [0, 0.1) is 13.8 Å². The first-order valence-corrected chi connectivity index (χ1v) is 28.9. The molecule has 2 heterocycles. The van der Waals surface area contributed by atoms with Crippen LogP contribution in [-0.2, 0) is 0 Å². The Kier molecular flexibility index (Phi) is 12.6. The Bertz CT molecular complexity index is 4520. The monoisotopic (exact) mass is 1070 g/mol. The molecule has 0 saturated heterocycles. The molecule has 398 valence electrons. The molecule has 0 spiro atoms. The van der Waals surface area contributed by atoms with Gasteiger partial charge in [0.2, 0.25) is 0 Å². The van der Waals surface area contributed by atoms with Crippen molar-refractivity contribution in [1.29, 1.82) is 0 Å². The van der Waals surface area contributed by atoms with Crippen LogP contribution in [0.2, 0.25) is 0 Å². The van der Waals surface area contributed by atoms with E-state index in [1.807, 2.05) is 0 Å². The standard InChI is InChI=1S/C80H58N4/c1-55-21-37-69(38-22-55)83-77-19-11-9-17-73(77)75-53-71(49-51-79(75)83)81(65-41-29-61(30-42-65)57-13-5-3-6-14-57)67-45-33-63(34-46-67)59-25-27-60(28-26-59)64-35-47-68(48-36-64)82(66-43-31-62(32-44-66)58-15-7-4-8-16-58)72-50-52-80-76(54-72)74-18-10-12-20-78(74)84(80)70-39-23-56(2)24-40-70/h3-54H,1-2H3. The molecule has 0 bridgehead atoms. The zero-order valence-electron chi connectivity index (χ0n) is 46.8. The Morgan fingerprint density at radius 2 is 0.452 bits per heavy atom. The summed E-state index contributed by atoms with van der Waals surface area (Å²) >= 11 is 0. The van der Waals surface area contributed by atoms with Gasteiger partial charge in [0.15, 0.2) is 0 Å². The first-order chi connectivity index (χ1) is 41.5. The number of aryl methyl sites for hydroxylation is 2. The largest absolute Gasteiger partial charge is 0.310 e. The van der Waals surface area contributed by atoms with Gasteiger partial charge in [-0.2, -0.15) is 0 Å². The molecular formula is C80H58N4. The molecule has 0 saturated carbocycles. The second kappa shape index (κ2) is 21.2. The van der Waals surface area contributed by atoms with Crippen molar-refractivity contribution in [3.8, 4) is 55.9 Å². The second-order valence-electron chi connectivity index (χ2n) is 21.9. The molecule has 13 aromatic carbocycles. The van der Waals surface area contributed by atoms with E-state index < -0.39 is 0 Å². The normalized spacial score (nSPS) is 11.5. The van der Waals surface area contributed by atoms with Gasteiger partial charge in [0.05, 0.1) is 22.1 Å². The van der Waals surface area contributed by atoms with Gasteiger partial charge in [-0.05, 0) is 180 Å². The molecule has 0 aliphatic carbocycles. The minimum atomic E-state index is 1.08. The van der Waals surface area contributed by atoms with Gasteiger partial charge < -0.3 is 18.9 Å². The molecule has 4 nitrogen and oxygen atoms in total. The highest BCUT2D eigenvalue weighted by molar-refractivity contribution is 6.12. The van der Waals surface area contributed by atoms with Gasteiger partial charge in [0.1, 0.15) is 0 Å². The molecule has 84 heavy (non-hydrogen) atoms. The summed E-state index contributed by atoms with van der Waals surface area (Å²) in [6, 6.07) is 115. The fourth-order valence-electron chi connectivity index (χ4n) is 12.4. The van der Waals surface area contributed by atoms with Gasteiger partial charge in [0, 0.05) is 67.0 Å². The van der Waals surface area contributed by atoms with Crippen LogP contribution in [0.5, 0.6) is 0 Å². The number of rotatable bonds is 12. The van der Waals surface area contributed by atoms with Gasteiger partial charge in [-0.15, -0.1) is 0 Å². The minimum Gasteiger partial charge on any atom is -0.310 e. The number of benzene rings is 13. The van der Waals surface area contributed by atoms with Crippen LogP contribution in [0.3, 0.4) is 0 Å². The molecule has 0 atom stereocenters. The van der Waals surface area contributed by atoms with Crippen LogP contribution >= 0.6 is 0 Å². The van der Waals surface area contributed by atoms with Gasteiger partial charge in [-0.3, -0.25) is 0 Å².